The van der Waals surface area contributed by atoms with E-state index in [4.69, 9.17) is 12.2 Å². The summed E-state index contributed by atoms with van der Waals surface area (Å²) in [7, 11) is 1.75. The van der Waals surface area contributed by atoms with Gasteiger partial charge in [0.25, 0.3) is 11.1 Å². The standard InChI is InChI=1S/C22H19N5O3S/c1-14-18(21(30)27(25(14)2)16-11-7-4-8-12-16)23-13-17-19(28)24-22(31)26(20(17)29)15-9-5-3-6-10-15/h3-13,29H,1-2H3,(H,24,28,31). The van der Waals surface area contributed by atoms with Gasteiger partial charge in [0.1, 0.15) is 5.56 Å². The van der Waals surface area contributed by atoms with Crippen molar-refractivity contribution in [2.24, 2.45) is 12.0 Å². The normalized spacial score (nSPS) is 11.3. The van der Waals surface area contributed by atoms with Crippen molar-refractivity contribution in [1.82, 2.24) is 18.9 Å². The van der Waals surface area contributed by atoms with Crippen LogP contribution in [-0.4, -0.2) is 30.2 Å². The quantitative estimate of drug-likeness (QED) is 0.382. The van der Waals surface area contributed by atoms with E-state index in [9.17, 15) is 14.7 Å². The molecule has 0 bridgehead atoms. The molecule has 4 aromatic rings. The molecule has 0 saturated heterocycles. The molecule has 0 aliphatic heterocycles. The Labute approximate surface area is 182 Å². The molecule has 9 heteroatoms. The van der Waals surface area contributed by atoms with Gasteiger partial charge >= 0.3 is 0 Å². The van der Waals surface area contributed by atoms with E-state index in [1.807, 2.05) is 36.4 Å². The van der Waals surface area contributed by atoms with Crippen LogP contribution in [-0.2, 0) is 7.05 Å². The molecule has 0 aliphatic rings. The number of H-pyrrole nitrogens is 1. The van der Waals surface area contributed by atoms with Gasteiger partial charge in [0.15, 0.2) is 10.5 Å². The van der Waals surface area contributed by atoms with E-state index in [2.05, 4.69) is 9.98 Å². The van der Waals surface area contributed by atoms with Gasteiger partial charge in [0, 0.05) is 13.3 Å². The number of nitrogens with zero attached hydrogens (tertiary/aromatic N) is 4. The molecule has 2 aromatic heterocycles. The number of hydrogen-bond donors (Lipinski definition) is 2. The number of hydrogen-bond acceptors (Lipinski definition) is 5. The van der Waals surface area contributed by atoms with Crippen molar-refractivity contribution in [3.8, 4) is 17.3 Å². The van der Waals surface area contributed by atoms with E-state index >= 15 is 0 Å². The summed E-state index contributed by atoms with van der Waals surface area (Å²) in [5, 5.41) is 10.8. The maximum atomic E-state index is 13.0. The van der Waals surface area contributed by atoms with E-state index < -0.39 is 5.56 Å². The fourth-order valence-corrected chi connectivity index (χ4v) is 3.59. The number of rotatable bonds is 4. The van der Waals surface area contributed by atoms with Gasteiger partial charge in [-0.2, -0.15) is 0 Å². The largest absolute Gasteiger partial charge is 0.494 e. The first-order chi connectivity index (χ1) is 14.9. The number of aromatic hydroxyl groups is 1. The number of aliphatic imine (C=N–C) groups is 1. The van der Waals surface area contributed by atoms with Crippen LogP contribution < -0.4 is 11.1 Å². The van der Waals surface area contributed by atoms with Crippen molar-refractivity contribution < 1.29 is 5.11 Å². The fourth-order valence-electron chi connectivity index (χ4n) is 3.30. The lowest BCUT2D eigenvalue weighted by molar-refractivity contribution is 0.432. The maximum Gasteiger partial charge on any atom is 0.297 e. The van der Waals surface area contributed by atoms with E-state index in [-0.39, 0.29) is 27.5 Å². The lowest BCUT2D eigenvalue weighted by Gasteiger charge is -2.10. The van der Waals surface area contributed by atoms with Crippen LogP contribution in [0.2, 0.25) is 0 Å². The van der Waals surface area contributed by atoms with Gasteiger partial charge in [0.05, 0.1) is 17.1 Å². The predicted octanol–water partition coefficient (Wildman–Crippen LogP) is 3.15. The maximum absolute atomic E-state index is 13.0. The minimum atomic E-state index is -0.601. The number of para-hydroxylation sites is 2. The lowest BCUT2D eigenvalue weighted by Crippen LogP contribution is -2.19. The Kier molecular flexibility index (Phi) is 5.26. The molecule has 2 aromatic carbocycles. The summed E-state index contributed by atoms with van der Waals surface area (Å²) in [5.74, 6) is -0.360. The molecule has 0 radical (unpaired) electrons. The van der Waals surface area contributed by atoms with E-state index in [1.165, 1.54) is 15.5 Å². The van der Waals surface area contributed by atoms with Crippen LogP contribution in [0.1, 0.15) is 11.3 Å². The molecular weight excluding hydrogens is 414 g/mol. The van der Waals surface area contributed by atoms with Gasteiger partial charge < -0.3 is 5.11 Å². The molecule has 31 heavy (non-hydrogen) atoms. The van der Waals surface area contributed by atoms with Crippen LogP contribution in [0.15, 0.2) is 75.2 Å². The Bertz CT molecular complexity index is 1460. The molecule has 0 atom stereocenters. The molecule has 0 aliphatic carbocycles. The summed E-state index contributed by atoms with van der Waals surface area (Å²) in [4.78, 5) is 32.3. The smallest absolute Gasteiger partial charge is 0.297 e. The van der Waals surface area contributed by atoms with Gasteiger partial charge in [-0.1, -0.05) is 36.4 Å². The first-order valence-electron chi connectivity index (χ1n) is 9.42. The average molecular weight is 433 g/mol. The molecule has 0 unspecified atom stereocenters. The Morgan fingerprint density at radius 1 is 1.00 bits per heavy atom. The van der Waals surface area contributed by atoms with Crippen molar-refractivity contribution in [1.29, 1.82) is 0 Å². The summed E-state index contributed by atoms with van der Waals surface area (Å²) in [5.41, 5.74) is 1.00. The van der Waals surface area contributed by atoms with Crippen LogP contribution in [0.5, 0.6) is 5.88 Å². The number of benzene rings is 2. The highest BCUT2D eigenvalue weighted by Crippen LogP contribution is 2.20. The zero-order valence-electron chi connectivity index (χ0n) is 16.8. The molecular formula is C22H19N5O3S. The van der Waals surface area contributed by atoms with Crippen LogP contribution in [0, 0.1) is 11.7 Å². The number of aromatic nitrogens is 4. The van der Waals surface area contributed by atoms with Crippen LogP contribution in [0.25, 0.3) is 11.4 Å². The Morgan fingerprint density at radius 3 is 2.19 bits per heavy atom. The van der Waals surface area contributed by atoms with Gasteiger partial charge in [-0.15, -0.1) is 0 Å². The Morgan fingerprint density at radius 2 is 1.58 bits per heavy atom. The summed E-state index contributed by atoms with van der Waals surface area (Å²) < 4.78 is 4.55. The van der Waals surface area contributed by atoms with E-state index in [1.54, 1.807) is 42.9 Å². The highest BCUT2D eigenvalue weighted by molar-refractivity contribution is 7.71. The van der Waals surface area contributed by atoms with Crippen molar-refractivity contribution in [2.75, 3.05) is 0 Å². The predicted molar refractivity (Wildman–Crippen MR) is 122 cm³/mol. The van der Waals surface area contributed by atoms with E-state index in [0.717, 1.165) is 0 Å². The van der Waals surface area contributed by atoms with Crippen molar-refractivity contribution in [3.63, 3.8) is 0 Å². The second-order valence-electron chi connectivity index (χ2n) is 6.84. The van der Waals surface area contributed by atoms with Crippen molar-refractivity contribution >= 4 is 24.1 Å². The second kappa shape index (κ2) is 8.04. The van der Waals surface area contributed by atoms with Crippen LogP contribution in [0.3, 0.4) is 0 Å². The zero-order valence-corrected chi connectivity index (χ0v) is 17.6. The first-order valence-corrected chi connectivity index (χ1v) is 9.82. The van der Waals surface area contributed by atoms with Gasteiger partial charge in [-0.25, -0.2) is 9.67 Å². The van der Waals surface area contributed by atoms with Gasteiger partial charge in [-0.05, 0) is 43.4 Å². The Balaban J connectivity index is 1.85. The zero-order chi connectivity index (χ0) is 22.1. The molecule has 0 fully saturated rings. The lowest BCUT2D eigenvalue weighted by atomic mass is 10.3. The topological polar surface area (TPSA) is 97.3 Å². The minimum Gasteiger partial charge on any atom is -0.494 e. The molecule has 8 nitrogen and oxygen atoms in total. The minimum absolute atomic E-state index is 0.0492. The fraction of sp³-hybridized carbons (Fsp3) is 0.0909. The summed E-state index contributed by atoms with van der Waals surface area (Å²) in [6, 6.07) is 18.1. The average Bonchev–Trinajstić information content (AvgIpc) is 2.97. The highest BCUT2D eigenvalue weighted by atomic mass is 32.1. The third kappa shape index (κ3) is 3.55. The highest BCUT2D eigenvalue weighted by Gasteiger charge is 2.17. The number of aromatic amines is 1. The van der Waals surface area contributed by atoms with E-state index in [0.29, 0.717) is 17.1 Å². The summed E-state index contributed by atoms with van der Waals surface area (Å²) in [6.45, 7) is 1.76. The molecule has 2 N–H and O–H groups in total. The first kappa shape index (κ1) is 20.3. The van der Waals surface area contributed by atoms with Crippen molar-refractivity contribution in [3.05, 3.63) is 97.4 Å². The SMILES string of the molecule is Cc1c(N=Cc2c(O)n(-c3ccccc3)c(=S)[nH]c2=O)c(=O)n(-c2ccccc2)n1C. The third-order valence-corrected chi connectivity index (χ3v) is 5.27. The summed E-state index contributed by atoms with van der Waals surface area (Å²) in [6.07, 6.45) is 1.18. The van der Waals surface area contributed by atoms with Crippen LogP contribution in [0.4, 0.5) is 5.69 Å². The molecule has 0 amide bonds. The summed E-state index contributed by atoms with van der Waals surface area (Å²) >= 11 is 5.21. The molecule has 156 valence electrons. The van der Waals surface area contributed by atoms with Crippen LogP contribution >= 0.6 is 12.2 Å². The molecule has 0 saturated carbocycles. The van der Waals surface area contributed by atoms with Crippen molar-refractivity contribution in [2.45, 2.75) is 6.92 Å². The molecule has 2 heterocycles. The monoisotopic (exact) mass is 433 g/mol. The second-order valence-corrected chi connectivity index (χ2v) is 7.22. The van der Waals surface area contributed by atoms with Gasteiger partial charge in [-0.3, -0.25) is 23.8 Å². The van der Waals surface area contributed by atoms with Gasteiger partial charge in [0.2, 0.25) is 5.88 Å². The number of nitrogens with one attached hydrogen (secondary N) is 1. The molecule has 0 spiro atoms. The molecule has 4 rings (SSSR count). The third-order valence-electron chi connectivity index (χ3n) is 4.98. The Hall–Kier alpha value is -3.98.